The maximum absolute atomic E-state index is 11.0. The number of amides is 3. The third-order valence-electron chi connectivity index (χ3n) is 1.68. The van der Waals surface area contributed by atoms with E-state index in [-0.39, 0.29) is 17.7 Å². The van der Waals surface area contributed by atoms with E-state index in [9.17, 15) is 14.4 Å². The summed E-state index contributed by atoms with van der Waals surface area (Å²) in [5.74, 6) is -0.824. The van der Waals surface area contributed by atoms with Gasteiger partial charge < -0.3 is 0 Å². The molecule has 3 amide bonds. The summed E-state index contributed by atoms with van der Waals surface area (Å²) >= 11 is 0. The molecular formula is C10H18N2O4. The second-order valence-electron chi connectivity index (χ2n) is 3.42. The fourth-order valence-electron chi connectivity index (χ4n) is 1.05. The Labute approximate surface area is 94.7 Å². The lowest BCUT2D eigenvalue weighted by Gasteiger charge is -2.03. The van der Waals surface area contributed by atoms with Gasteiger partial charge in [0.05, 0.1) is 6.61 Å². The number of hydrogen-bond acceptors (Lipinski definition) is 4. The van der Waals surface area contributed by atoms with Crippen molar-refractivity contribution in [2.45, 2.75) is 39.5 Å². The molecule has 0 fully saturated rings. The van der Waals surface area contributed by atoms with Crippen molar-refractivity contribution in [2.24, 2.45) is 0 Å². The Hall–Kier alpha value is -1.43. The first-order valence-corrected chi connectivity index (χ1v) is 5.21. The summed E-state index contributed by atoms with van der Waals surface area (Å²) in [5, 5.41) is 2.19. The molecule has 0 aliphatic rings. The van der Waals surface area contributed by atoms with E-state index in [1.165, 1.54) is 13.8 Å². The van der Waals surface area contributed by atoms with E-state index in [2.05, 4.69) is 10.8 Å². The van der Waals surface area contributed by atoms with E-state index in [0.717, 1.165) is 12.8 Å². The predicted molar refractivity (Wildman–Crippen MR) is 57.1 cm³/mol. The van der Waals surface area contributed by atoms with Crippen molar-refractivity contribution in [3.63, 3.8) is 0 Å². The standard InChI is InChI=1S/C10H18N2O4/c1-8(13)11-10(15)6-4-3-5-7-16-12-9(2)14/h3-7H2,1-2H3,(H,12,14)(H,11,13,15). The highest BCUT2D eigenvalue weighted by Gasteiger charge is 2.02. The summed E-state index contributed by atoms with van der Waals surface area (Å²) in [4.78, 5) is 36.7. The summed E-state index contributed by atoms with van der Waals surface area (Å²) in [6.07, 6.45) is 2.60. The van der Waals surface area contributed by atoms with Gasteiger partial charge in [-0.2, -0.15) is 0 Å². The number of hydrogen-bond donors (Lipinski definition) is 2. The first-order valence-electron chi connectivity index (χ1n) is 5.21. The van der Waals surface area contributed by atoms with Crippen molar-refractivity contribution in [2.75, 3.05) is 6.61 Å². The molecule has 0 aromatic rings. The molecule has 0 saturated carbocycles. The van der Waals surface area contributed by atoms with Crippen LogP contribution in [-0.4, -0.2) is 24.3 Å². The van der Waals surface area contributed by atoms with Gasteiger partial charge in [0.25, 0.3) is 0 Å². The van der Waals surface area contributed by atoms with Crippen LogP contribution in [-0.2, 0) is 19.2 Å². The molecule has 0 aliphatic carbocycles. The van der Waals surface area contributed by atoms with Crippen LogP contribution < -0.4 is 10.8 Å². The fourth-order valence-corrected chi connectivity index (χ4v) is 1.05. The van der Waals surface area contributed by atoms with Gasteiger partial charge in [0.1, 0.15) is 0 Å². The van der Waals surface area contributed by atoms with Gasteiger partial charge >= 0.3 is 0 Å². The van der Waals surface area contributed by atoms with Crippen LogP contribution in [0.1, 0.15) is 39.5 Å². The van der Waals surface area contributed by atoms with Crippen molar-refractivity contribution in [1.29, 1.82) is 0 Å². The van der Waals surface area contributed by atoms with E-state index in [4.69, 9.17) is 4.84 Å². The highest BCUT2D eigenvalue weighted by Crippen LogP contribution is 1.99. The van der Waals surface area contributed by atoms with E-state index in [1.807, 2.05) is 0 Å². The normalized spacial score (nSPS) is 9.62. The van der Waals surface area contributed by atoms with Crippen LogP contribution in [0.4, 0.5) is 0 Å². The van der Waals surface area contributed by atoms with Crippen LogP contribution in [0, 0.1) is 0 Å². The Morgan fingerprint density at radius 3 is 2.25 bits per heavy atom. The second-order valence-corrected chi connectivity index (χ2v) is 3.42. The first-order chi connectivity index (χ1) is 7.52. The molecule has 0 aliphatic heterocycles. The number of imide groups is 1. The fraction of sp³-hybridized carbons (Fsp3) is 0.700. The second kappa shape index (κ2) is 8.84. The number of rotatable bonds is 7. The molecule has 0 saturated heterocycles. The SMILES string of the molecule is CC(=O)NOCCCCCC(=O)NC(C)=O. The Morgan fingerprint density at radius 2 is 1.69 bits per heavy atom. The Kier molecular flexibility index (Phi) is 8.05. The topological polar surface area (TPSA) is 84.5 Å². The van der Waals surface area contributed by atoms with E-state index in [1.54, 1.807) is 0 Å². The zero-order valence-electron chi connectivity index (χ0n) is 9.67. The van der Waals surface area contributed by atoms with Gasteiger partial charge in [0.15, 0.2) is 0 Å². The van der Waals surface area contributed by atoms with Crippen molar-refractivity contribution in [1.82, 2.24) is 10.8 Å². The van der Waals surface area contributed by atoms with Crippen molar-refractivity contribution in [3.05, 3.63) is 0 Å². The smallest absolute Gasteiger partial charge is 0.240 e. The van der Waals surface area contributed by atoms with Crippen molar-refractivity contribution >= 4 is 17.7 Å². The summed E-state index contributed by atoms with van der Waals surface area (Å²) in [7, 11) is 0. The number of hydroxylamine groups is 1. The van der Waals surface area contributed by atoms with Crippen LogP contribution in [0.15, 0.2) is 0 Å². The number of carbonyl (C=O) groups is 3. The Balaban J connectivity index is 3.24. The van der Waals surface area contributed by atoms with E-state index < -0.39 is 0 Å². The third kappa shape index (κ3) is 10.6. The van der Waals surface area contributed by atoms with Gasteiger partial charge in [-0.3, -0.25) is 24.5 Å². The van der Waals surface area contributed by atoms with Gasteiger partial charge in [0, 0.05) is 20.3 Å². The van der Waals surface area contributed by atoms with Crippen LogP contribution >= 0.6 is 0 Å². The lowest BCUT2D eigenvalue weighted by molar-refractivity contribution is -0.131. The van der Waals surface area contributed by atoms with Crippen molar-refractivity contribution in [3.8, 4) is 0 Å². The molecule has 6 heteroatoms. The average molecular weight is 230 g/mol. The average Bonchev–Trinajstić information content (AvgIpc) is 2.14. The summed E-state index contributed by atoms with van der Waals surface area (Å²) in [6.45, 7) is 3.10. The quantitative estimate of drug-likeness (QED) is 0.486. The zero-order chi connectivity index (χ0) is 12.4. The van der Waals surface area contributed by atoms with Gasteiger partial charge in [-0.25, -0.2) is 5.48 Å². The highest BCUT2D eigenvalue weighted by atomic mass is 16.6. The largest absolute Gasteiger partial charge is 0.297 e. The molecule has 2 N–H and O–H groups in total. The van der Waals surface area contributed by atoms with Crippen molar-refractivity contribution < 1.29 is 19.2 Å². The Morgan fingerprint density at radius 1 is 1.00 bits per heavy atom. The lowest BCUT2D eigenvalue weighted by Crippen LogP contribution is -2.27. The van der Waals surface area contributed by atoms with Gasteiger partial charge in [0.2, 0.25) is 17.7 Å². The van der Waals surface area contributed by atoms with Crippen LogP contribution in [0.5, 0.6) is 0 Å². The van der Waals surface area contributed by atoms with Gasteiger partial charge in [-0.1, -0.05) is 6.42 Å². The number of unbranched alkanes of at least 4 members (excludes halogenated alkanes) is 2. The molecule has 0 unspecified atom stereocenters. The summed E-state index contributed by atoms with van der Waals surface area (Å²) in [5.41, 5.74) is 2.21. The van der Waals surface area contributed by atoms with E-state index >= 15 is 0 Å². The van der Waals surface area contributed by atoms with Gasteiger partial charge in [-0.05, 0) is 12.8 Å². The van der Waals surface area contributed by atoms with E-state index in [0.29, 0.717) is 19.4 Å². The molecule has 0 radical (unpaired) electrons. The molecule has 0 aromatic carbocycles. The molecule has 0 heterocycles. The third-order valence-corrected chi connectivity index (χ3v) is 1.68. The lowest BCUT2D eigenvalue weighted by atomic mass is 10.2. The van der Waals surface area contributed by atoms with Crippen LogP contribution in [0.3, 0.4) is 0 Å². The molecule has 6 nitrogen and oxygen atoms in total. The molecule has 0 rings (SSSR count). The molecular weight excluding hydrogens is 212 g/mol. The monoisotopic (exact) mass is 230 g/mol. The molecule has 0 bridgehead atoms. The summed E-state index contributed by atoms with van der Waals surface area (Å²) in [6, 6.07) is 0. The Bertz CT molecular complexity index is 253. The minimum Gasteiger partial charge on any atom is -0.297 e. The van der Waals surface area contributed by atoms with Gasteiger partial charge in [-0.15, -0.1) is 0 Å². The maximum Gasteiger partial charge on any atom is 0.240 e. The molecule has 0 atom stereocenters. The molecule has 16 heavy (non-hydrogen) atoms. The minimum absolute atomic E-state index is 0.235. The maximum atomic E-state index is 11.0. The van der Waals surface area contributed by atoms with Crippen LogP contribution in [0.25, 0.3) is 0 Å². The zero-order valence-corrected chi connectivity index (χ0v) is 9.67. The molecule has 92 valence electrons. The van der Waals surface area contributed by atoms with Crippen LogP contribution in [0.2, 0.25) is 0 Å². The number of carbonyl (C=O) groups excluding carboxylic acids is 3. The number of nitrogens with one attached hydrogen (secondary N) is 2. The highest BCUT2D eigenvalue weighted by molar-refractivity contribution is 5.93. The predicted octanol–water partition coefficient (Wildman–Crippen LogP) is 0.277. The molecule has 0 spiro atoms. The molecule has 0 aromatic heterocycles. The first kappa shape index (κ1) is 14.6. The minimum atomic E-state index is -0.334. The summed E-state index contributed by atoms with van der Waals surface area (Å²) < 4.78 is 0.